The molecule has 0 aliphatic carbocycles. The largest absolute Gasteiger partial charge is 0.756 e. The summed E-state index contributed by atoms with van der Waals surface area (Å²) in [7, 11) is 1.28. The monoisotopic (exact) mass is 614 g/mol. The number of carbonyl (C=O) groups is 1. The fourth-order valence-corrected chi connectivity index (χ4v) is 4.95. The van der Waals surface area contributed by atoms with Crippen LogP contribution in [0.2, 0.25) is 0 Å². The lowest BCUT2D eigenvalue weighted by Gasteiger charge is -2.30. The van der Waals surface area contributed by atoms with Crippen molar-refractivity contribution in [2.75, 3.05) is 40.9 Å². The molecule has 0 spiro atoms. The molecule has 1 amide bonds. The van der Waals surface area contributed by atoms with Crippen LogP contribution in [0.15, 0.2) is 36.5 Å². The Balaban J connectivity index is 4.42. The van der Waals surface area contributed by atoms with E-state index in [0.717, 1.165) is 89.9 Å². The van der Waals surface area contributed by atoms with Crippen molar-refractivity contribution in [1.29, 1.82) is 0 Å². The van der Waals surface area contributed by atoms with Gasteiger partial charge in [-0.3, -0.25) is 9.36 Å². The quantitative estimate of drug-likeness (QED) is 0.0426. The fraction of sp³-hybridized carbons (Fsp3) is 0.788. The summed E-state index contributed by atoms with van der Waals surface area (Å²) in [5.41, 5.74) is 0. The molecular weight excluding hydrogens is 551 g/mol. The normalized spacial score (nSPS) is 15.5. The number of carbonyl (C=O) groups excluding carboxylic acids is 1. The second-order valence-corrected chi connectivity index (χ2v) is 13.5. The summed E-state index contributed by atoms with van der Waals surface area (Å²) in [6.45, 7) is 4.45. The maximum absolute atomic E-state index is 12.6. The Labute approximate surface area is 257 Å². The van der Waals surface area contributed by atoms with Crippen LogP contribution in [0, 0.1) is 0 Å². The third-order valence-electron chi connectivity index (χ3n) is 6.89. The van der Waals surface area contributed by atoms with Crippen molar-refractivity contribution < 1.29 is 32.9 Å². The van der Waals surface area contributed by atoms with E-state index in [4.69, 9.17) is 9.05 Å². The maximum atomic E-state index is 12.6. The van der Waals surface area contributed by atoms with Crippen LogP contribution >= 0.6 is 7.82 Å². The number of phosphoric acid groups is 1. The van der Waals surface area contributed by atoms with Gasteiger partial charge in [0.2, 0.25) is 5.91 Å². The van der Waals surface area contributed by atoms with Gasteiger partial charge in [-0.05, 0) is 44.9 Å². The number of hydrogen-bond donors (Lipinski definition) is 2. The van der Waals surface area contributed by atoms with E-state index in [1.54, 1.807) is 0 Å². The van der Waals surface area contributed by atoms with Gasteiger partial charge in [-0.2, -0.15) is 0 Å². The molecule has 8 nitrogen and oxygen atoms in total. The Morgan fingerprint density at radius 2 is 1.45 bits per heavy atom. The zero-order valence-corrected chi connectivity index (χ0v) is 28.3. The molecular formula is C33H63N2O6P. The topological polar surface area (TPSA) is 108 Å². The molecule has 246 valence electrons. The molecule has 0 aromatic rings. The number of amides is 1. The molecule has 0 bridgehead atoms. The first-order valence-corrected chi connectivity index (χ1v) is 17.8. The average molecular weight is 615 g/mol. The zero-order chi connectivity index (χ0) is 31.5. The van der Waals surface area contributed by atoms with Gasteiger partial charge in [0, 0.05) is 6.42 Å². The highest BCUT2D eigenvalue weighted by Crippen LogP contribution is 2.38. The van der Waals surface area contributed by atoms with E-state index in [9.17, 15) is 19.4 Å². The van der Waals surface area contributed by atoms with Crippen molar-refractivity contribution in [3.05, 3.63) is 36.5 Å². The van der Waals surface area contributed by atoms with Crippen molar-refractivity contribution in [3.8, 4) is 0 Å². The van der Waals surface area contributed by atoms with Crippen LogP contribution in [-0.4, -0.2) is 68.5 Å². The SMILES string of the molecule is CC/C=C\C/C=C\C/C=C\CCCCCCCC(=O)NC(COP(=O)([O-])OCC[N+](C)(C)C)C(O)CCCCCCC. The molecule has 0 saturated carbocycles. The van der Waals surface area contributed by atoms with Crippen LogP contribution in [0.25, 0.3) is 0 Å². The van der Waals surface area contributed by atoms with E-state index in [0.29, 0.717) is 23.9 Å². The minimum atomic E-state index is -4.54. The second kappa shape index (κ2) is 26.2. The van der Waals surface area contributed by atoms with Gasteiger partial charge in [0.05, 0.1) is 39.9 Å². The molecule has 0 saturated heterocycles. The van der Waals surface area contributed by atoms with Crippen LogP contribution in [0.1, 0.15) is 117 Å². The van der Waals surface area contributed by atoms with E-state index in [1.807, 2.05) is 21.1 Å². The number of aliphatic hydroxyl groups is 1. The minimum Gasteiger partial charge on any atom is -0.756 e. The Kier molecular flexibility index (Phi) is 25.4. The van der Waals surface area contributed by atoms with Crippen molar-refractivity contribution >= 4 is 13.7 Å². The van der Waals surface area contributed by atoms with Crippen molar-refractivity contribution in [3.63, 3.8) is 0 Å². The number of likely N-dealkylation sites (N-methyl/N-ethyl adjacent to an activating group) is 1. The number of rotatable bonds is 28. The van der Waals surface area contributed by atoms with Crippen LogP contribution in [0.3, 0.4) is 0 Å². The third-order valence-corrected chi connectivity index (χ3v) is 7.86. The van der Waals surface area contributed by atoms with Crippen molar-refractivity contribution in [1.82, 2.24) is 5.32 Å². The predicted molar refractivity (Wildman–Crippen MR) is 173 cm³/mol. The van der Waals surface area contributed by atoms with E-state index < -0.39 is 20.0 Å². The number of hydrogen-bond acceptors (Lipinski definition) is 6. The second-order valence-electron chi connectivity index (χ2n) is 12.1. The van der Waals surface area contributed by atoms with E-state index in [1.165, 1.54) is 0 Å². The predicted octanol–water partition coefficient (Wildman–Crippen LogP) is 6.99. The van der Waals surface area contributed by atoms with Gasteiger partial charge in [-0.15, -0.1) is 0 Å². The van der Waals surface area contributed by atoms with Crippen LogP contribution < -0.4 is 10.2 Å². The third kappa shape index (κ3) is 27.5. The number of phosphoric ester groups is 1. The Morgan fingerprint density at radius 1 is 0.857 bits per heavy atom. The summed E-state index contributed by atoms with van der Waals surface area (Å²) in [6, 6.07) is -0.803. The summed E-state index contributed by atoms with van der Waals surface area (Å²) in [4.78, 5) is 24.9. The number of unbranched alkanes of at least 4 members (excludes halogenated alkanes) is 9. The lowest BCUT2D eigenvalue weighted by Crippen LogP contribution is -2.46. The Morgan fingerprint density at radius 3 is 2.12 bits per heavy atom. The summed E-state index contributed by atoms with van der Waals surface area (Å²) in [5, 5.41) is 13.6. The van der Waals surface area contributed by atoms with Gasteiger partial charge >= 0.3 is 0 Å². The number of allylic oxidation sites excluding steroid dienone is 6. The van der Waals surface area contributed by atoms with E-state index in [-0.39, 0.29) is 19.1 Å². The molecule has 0 aliphatic heterocycles. The summed E-state index contributed by atoms with van der Waals surface area (Å²) in [6.07, 6.45) is 27.5. The van der Waals surface area contributed by atoms with Crippen LogP contribution in [0.4, 0.5) is 0 Å². The van der Waals surface area contributed by atoms with E-state index >= 15 is 0 Å². The highest BCUT2D eigenvalue weighted by molar-refractivity contribution is 7.45. The lowest BCUT2D eigenvalue weighted by atomic mass is 10.0. The van der Waals surface area contributed by atoms with Crippen molar-refractivity contribution in [2.24, 2.45) is 0 Å². The maximum Gasteiger partial charge on any atom is 0.268 e. The van der Waals surface area contributed by atoms with Gasteiger partial charge in [0.15, 0.2) is 0 Å². The summed E-state index contributed by atoms with van der Waals surface area (Å²) >= 11 is 0. The Bertz CT molecular complexity index is 794. The molecule has 3 atom stereocenters. The first-order chi connectivity index (χ1) is 20.0. The minimum absolute atomic E-state index is 0.00607. The molecule has 0 aromatic carbocycles. The molecule has 0 fully saturated rings. The fourth-order valence-electron chi connectivity index (χ4n) is 4.23. The first-order valence-electron chi connectivity index (χ1n) is 16.3. The van der Waals surface area contributed by atoms with Gasteiger partial charge in [0.25, 0.3) is 7.82 Å². The van der Waals surface area contributed by atoms with Crippen LogP contribution in [0.5, 0.6) is 0 Å². The Hall–Kier alpha value is -1.28. The van der Waals surface area contributed by atoms with Gasteiger partial charge < -0.3 is 28.8 Å². The highest BCUT2D eigenvalue weighted by atomic mass is 31.2. The molecule has 42 heavy (non-hydrogen) atoms. The molecule has 0 heterocycles. The molecule has 0 aliphatic rings. The lowest BCUT2D eigenvalue weighted by molar-refractivity contribution is -0.870. The van der Waals surface area contributed by atoms with Gasteiger partial charge in [0.1, 0.15) is 13.2 Å². The smallest absolute Gasteiger partial charge is 0.268 e. The molecule has 0 radical (unpaired) electrons. The van der Waals surface area contributed by atoms with Gasteiger partial charge in [-0.1, -0.05) is 102 Å². The van der Waals surface area contributed by atoms with Crippen molar-refractivity contribution in [2.45, 2.75) is 129 Å². The first kappa shape index (κ1) is 40.7. The number of aliphatic hydroxyl groups excluding tert-OH is 1. The molecule has 3 unspecified atom stereocenters. The number of nitrogens with zero attached hydrogens (tertiary/aromatic N) is 1. The molecule has 0 aromatic heterocycles. The van der Waals surface area contributed by atoms with Gasteiger partial charge in [-0.25, -0.2) is 0 Å². The molecule has 0 rings (SSSR count). The standard InChI is InChI=1S/C33H63N2O6P/c1-6-8-10-12-13-14-15-16-17-18-19-20-21-23-25-27-33(37)34-31(32(36)26-24-22-11-9-7-2)30-41-42(38,39)40-29-28-35(3,4)5/h8,10,13-14,16-17,31-32,36H,6-7,9,11-12,15,18-30H2,1-5H3,(H-,34,37,38,39)/b10-8-,14-13-,17-16-. The number of quaternary nitrogens is 1. The summed E-state index contributed by atoms with van der Waals surface area (Å²) in [5.74, 6) is -0.193. The summed E-state index contributed by atoms with van der Waals surface area (Å²) < 4.78 is 22.9. The van der Waals surface area contributed by atoms with Crippen LogP contribution in [-0.2, 0) is 18.4 Å². The molecule has 2 N–H and O–H groups in total. The van der Waals surface area contributed by atoms with E-state index in [2.05, 4.69) is 55.6 Å². The average Bonchev–Trinajstić information content (AvgIpc) is 2.92. The zero-order valence-electron chi connectivity index (χ0n) is 27.4. The highest BCUT2D eigenvalue weighted by Gasteiger charge is 2.24. The number of nitrogens with one attached hydrogen (secondary N) is 1. The molecule has 9 heteroatoms.